The maximum absolute atomic E-state index is 12.3. The van der Waals surface area contributed by atoms with Gasteiger partial charge in [0.05, 0.1) is 12.7 Å². The molecule has 0 radical (unpaired) electrons. The van der Waals surface area contributed by atoms with Gasteiger partial charge >= 0.3 is 11.6 Å². The molecular formula is C20H24O7. The van der Waals surface area contributed by atoms with E-state index in [2.05, 4.69) is 0 Å². The van der Waals surface area contributed by atoms with Crippen LogP contribution in [0.1, 0.15) is 39.4 Å². The molecule has 0 aliphatic rings. The molecule has 0 unspecified atom stereocenters. The fourth-order valence-corrected chi connectivity index (χ4v) is 2.51. The van der Waals surface area contributed by atoms with Gasteiger partial charge in [-0.1, -0.05) is 6.08 Å². The highest BCUT2D eigenvalue weighted by Crippen LogP contribution is 2.37. The largest absolute Gasteiger partial charge is 0.496 e. The Kier molecular flexibility index (Phi) is 6.08. The molecule has 2 rings (SSSR count). The Bertz CT molecular complexity index is 918. The van der Waals surface area contributed by atoms with Crippen molar-refractivity contribution >= 4 is 16.9 Å². The van der Waals surface area contributed by atoms with Crippen molar-refractivity contribution in [3.05, 3.63) is 51.9 Å². The topological polar surface area (TPSA) is 106 Å². The van der Waals surface area contributed by atoms with Crippen LogP contribution in [0.2, 0.25) is 0 Å². The molecule has 27 heavy (non-hydrogen) atoms. The van der Waals surface area contributed by atoms with E-state index in [1.165, 1.54) is 33.1 Å². The van der Waals surface area contributed by atoms with Crippen LogP contribution in [-0.2, 0) is 9.53 Å². The van der Waals surface area contributed by atoms with Gasteiger partial charge in [-0.15, -0.1) is 0 Å². The van der Waals surface area contributed by atoms with Gasteiger partial charge < -0.3 is 24.1 Å². The lowest BCUT2D eigenvalue weighted by molar-refractivity contribution is -0.163. The Morgan fingerprint density at radius 3 is 2.52 bits per heavy atom. The van der Waals surface area contributed by atoms with Gasteiger partial charge in [0.1, 0.15) is 17.4 Å². The summed E-state index contributed by atoms with van der Waals surface area (Å²) in [6.07, 6.45) is -1.06. The van der Waals surface area contributed by atoms with Crippen molar-refractivity contribution in [2.75, 3.05) is 7.11 Å². The highest BCUT2D eigenvalue weighted by molar-refractivity contribution is 5.88. The van der Waals surface area contributed by atoms with Crippen LogP contribution < -0.4 is 10.4 Å². The van der Waals surface area contributed by atoms with E-state index in [-0.39, 0.29) is 11.3 Å². The number of fused-ring (bicyclic) bond motifs is 1. The zero-order chi connectivity index (χ0) is 20.4. The summed E-state index contributed by atoms with van der Waals surface area (Å²) in [5.74, 6) is -0.386. The normalized spacial score (nSPS) is 14.7. The van der Waals surface area contributed by atoms with E-state index in [0.717, 1.165) is 0 Å². The van der Waals surface area contributed by atoms with Crippen molar-refractivity contribution in [3.63, 3.8) is 0 Å². The van der Waals surface area contributed by atoms with Crippen molar-refractivity contribution in [1.29, 1.82) is 0 Å². The van der Waals surface area contributed by atoms with Crippen molar-refractivity contribution in [1.82, 2.24) is 0 Å². The van der Waals surface area contributed by atoms with Crippen molar-refractivity contribution in [2.24, 2.45) is 0 Å². The summed E-state index contributed by atoms with van der Waals surface area (Å²) < 4.78 is 16.0. The van der Waals surface area contributed by atoms with Gasteiger partial charge in [0.25, 0.3) is 0 Å². The van der Waals surface area contributed by atoms with E-state index in [1.807, 2.05) is 0 Å². The summed E-state index contributed by atoms with van der Waals surface area (Å²) in [6.45, 7) is 6.10. The second-order valence-electron chi connectivity index (χ2n) is 6.78. The molecule has 7 nitrogen and oxygen atoms in total. The number of carbonyl (C=O) groups excluding carboxylic acids is 1. The number of carbonyl (C=O) groups is 1. The summed E-state index contributed by atoms with van der Waals surface area (Å²) in [5, 5.41) is 21.5. The van der Waals surface area contributed by atoms with Crippen molar-refractivity contribution < 1.29 is 28.9 Å². The minimum absolute atomic E-state index is 0.246. The number of hydrogen-bond donors (Lipinski definition) is 2. The third-order valence-corrected chi connectivity index (χ3v) is 4.28. The quantitative estimate of drug-likeness (QED) is 0.453. The standard InChI is InChI=1S/C20H24O7/c1-6-11(2)19(23)27-17(18(22)20(3,4)24)13-9-12-7-8-16(21)26-14(12)10-15(13)25-5/h6-10,17-18,22,24H,1-5H3/b11-6+/t17-,18+/m1/s1. The van der Waals surface area contributed by atoms with Crippen LogP contribution in [0.15, 0.2) is 45.1 Å². The maximum Gasteiger partial charge on any atom is 0.336 e. The van der Waals surface area contributed by atoms with Gasteiger partial charge in [0, 0.05) is 28.7 Å². The number of hydrogen-bond acceptors (Lipinski definition) is 7. The Labute approximate surface area is 156 Å². The molecule has 2 N–H and O–H groups in total. The summed E-state index contributed by atoms with van der Waals surface area (Å²) >= 11 is 0. The van der Waals surface area contributed by atoms with Crippen LogP contribution in [-0.4, -0.2) is 35.0 Å². The highest BCUT2D eigenvalue weighted by atomic mass is 16.6. The van der Waals surface area contributed by atoms with E-state index < -0.39 is 29.4 Å². The predicted molar refractivity (Wildman–Crippen MR) is 99.6 cm³/mol. The summed E-state index contributed by atoms with van der Waals surface area (Å²) in [7, 11) is 1.40. The van der Waals surface area contributed by atoms with Crippen LogP contribution in [0.3, 0.4) is 0 Å². The molecule has 0 saturated carbocycles. The van der Waals surface area contributed by atoms with Gasteiger partial charge in [-0.3, -0.25) is 0 Å². The van der Waals surface area contributed by atoms with Crippen LogP contribution >= 0.6 is 0 Å². The second kappa shape index (κ2) is 7.94. The first-order chi connectivity index (χ1) is 12.6. The second-order valence-corrected chi connectivity index (χ2v) is 6.78. The minimum atomic E-state index is -1.56. The Morgan fingerprint density at radius 1 is 1.30 bits per heavy atom. The summed E-state index contributed by atoms with van der Waals surface area (Å²) in [4.78, 5) is 23.8. The first-order valence-electron chi connectivity index (χ1n) is 8.44. The third kappa shape index (κ3) is 4.56. The van der Waals surface area contributed by atoms with Crippen molar-refractivity contribution in [2.45, 2.75) is 45.5 Å². The molecule has 1 aromatic heterocycles. The van der Waals surface area contributed by atoms with Crippen LogP contribution in [0.4, 0.5) is 0 Å². The molecule has 0 aliphatic carbocycles. The fraction of sp³-hybridized carbons (Fsp3) is 0.400. The SMILES string of the molecule is C/C=C(\C)C(=O)O[C@H](c1cc2ccc(=O)oc2cc1OC)[C@H](O)C(C)(C)O. The number of esters is 1. The average molecular weight is 376 g/mol. The number of aliphatic hydroxyl groups is 2. The molecule has 7 heteroatoms. The lowest BCUT2D eigenvalue weighted by atomic mass is 9.91. The first kappa shape index (κ1) is 20.7. The maximum atomic E-state index is 12.3. The molecular weight excluding hydrogens is 352 g/mol. The lowest BCUT2D eigenvalue weighted by Crippen LogP contribution is -2.42. The first-order valence-corrected chi connectivity index (χ1v) is 8.44. The third-order valence-electron chi connectivity index (χ3n) is 4.28. The fourth-order valence-electron chi connectivity index (χ4n) is 2.51. The number of ether oxygens (including phenoxy) is 2. The van der Waals surface area contributed by atoms with E-state index in [4.69, 9.17) is 13.9 Å². The van der Waals surface area contributed by atoms with E-state index in [1.54, 1.807) is 32.1 Å². The number of allylic oxidation sites excluding steroid dienone is 1. The smallest absolute Gasteiger partial charge is 0.336 e. The Balaban J connectivity index is 2.64. The lowest BCUT2D eigenvalue weighted by Gasteiger charge is -2.32. The molecule has 2 aromatic rings. The minimum Gasteiger partial charge on any atom is -0.496 e. The average Bonchev–Trinajstić information content (AvgIpc) is 2.62. The van der Waals surface area contributed by atoms with Crippen LogP contribution in [0, 0.1) is 0 Å². The zero-order valence-electron chi connectivity index (χ0n) is 16.0. The van der Waals surface area contributed by atoms with Gasteiger partial charge in [-0.05, 0) is 39.8 Å². The molecule has 1 aromatic carbocycles. The molecule has 2 atom stereocenters. The highest BCUT2D eigenvalue weighted by Gasteiger charge is 2.38. The Morgan fingerprint density at radius 2 is 1.96 bits per heavy atom. The molecule has 0 fully saturated rings. The number of aliphatic hydroxyl groups excluding tert-OH is 1. The molecule has 0 spiro atoms. The molecule has 0 bridgehead atoms. The van der Waals surface area contributed by atoms with E-state index in [0.29, 0.717) is 16.5 Å². The molecule has 0 saturated heterocycles. The number of benzene rings is 1. The Hall–Kier alpha value is -2.64. The number of rotatable bonds is 6. The molecule has 0 amide bonds. The zero-order valence-corrected chi connectivity index (χ0v) is 16.0. The predicted octanol–water partition coefficient (Wildman–Crippen LogP) is 2.48. The monoisotopic (exact) mass is 376 g/mol. The van der Waals surface area contributed by atoms with Gasteiger partial charge in [-0.25, -0.2) is 9.59 Å². The van der Waals surface area contributed by atoms with Crippen molar-refractivity contribution in [3.8, 4) is 5.75 Å². The van der Waals surface area contributed by atoms with Crippen LogP contribution in [0.5, 0.6) is 5.75 Å². The van der Waals surface area contributed by atoms with E-state index in [9.17, 15) is 19.8 Å². The van der Waals surface area contributed by atoms with Gasteiger partial charge in [-0.2, -0.15) is 0 Å². The van der Waals surface area contributed by atoms with E-state index >= 15 is 0 Å². The van der Waals surface area contributed by atoms with Crippen LogP contribution in [0.25, 0.3) is 11.0 Å². The summed E-state index contributed by atoms with van der Waals surface area (Å²) in [5.41, 5.74) is -1.09. The van der Waals surface area contributed by atoms with Gasteiger partial charge in [0.2, 0.25) is 0 Å². The number of methoxy groups -OCH3 is 1. The van der Waals surface area contributed by atoms with Gasteiger partial charge in [0.15, 0.2) is 6.10 Å². The molecule has 146 valence electrons. The molecule has 0 aliphatic heterocycles. The summed E-state index contributed by atoms with van der Waals surface area (Å²) in [6, 6.07) is 5.88. The molecule has 1 heterocycles.